The summed E-state index contributed by atoms with van der Waals surface area (Å²) in [4.78, 5) is 14.6. The Hall–Kier alpha value is -1.79. The Balaban J connectivity index is 2.02. The number of amides is 1. The molecule has 0 unspecified atom stereocenters. The first-order valence-electron chi connectivity index (χ1n) is 9.27. The first kappa shape index (κ1) is 21.5. The number of ether oxygens (including phenoxy) is 2. The molecule has 1 saturated heterocycles. The van der Waals surface area contributed by atoms with Crippen molar-refractivity contribution in [3.63, 3.8) is 0 Å². The van der Waals surface area contributed by atoms with Crippen LogP contribution in [-0.2, 0) is 4.79 Å². The predicted molar refractivity (Wildman–Crippen MR) is 117 cm³/mol. The molecule has 2 rings (SSSR count). The van der Waals surface area contributed by atoms with Gasteiger partial charge in [0.25, 0.3) is 5.91 Å². The van der Waals surface area contributed by atoms with Gasteiger partial charge in [-0.2, -0.15) is 0 Å². The van der Waals surface area contributed by atoms with Gasteiger partial charge in [0, 0.05) is 6.54 Å². The number of methoxy groups -OCH3 is 1. The average molecular weight is 406 g/mol. The molecule has 6 heteroatoms. The van der Waals surface area contributed by atoms with Crippen molar-refractivity contribution in [2.24, 2.45) is 0 Å². The fourth-order valence-electron chi connectivity index (χ4n) is 2.72. The van der Waals surface area contributed by atoms with Gasteiger partial charge in [-0.3, -0.25) is 9.69 Å². The van der Waals surface area contributed by atoms with Gasteiger partial charge in [-0.25, -0.2) is 0 Å². The Kier molecular flexibility index (Phi) is 8.88. The van der Waals surface area contributed by atoms with E-state index in [2.05, 4.69) is 13.5 Å². The summed E-state index contributed by atoms with van der Waals surface area (Å²) in [5, 5.41) is 0. The van der Waals surface area contributed by atoms with Crippen LogP contribution < -0.4 is 9.47 Å². The summed E-state index contributed by atoms with van der Waals surface area (Å²) in [7, 11) is 1.62. The molecule has 1 amide bonds. The molecule has 0 N–H and O–H groups in total. The Morgan fingerprint density at radius 3 is 2.70 bits per heavy atom. The lowest BCUT2D eigenvalue weighted by molar-refractivity contribution is -0.121. The normalized spacial score (nSPS) is 15.5. The third kappa shape index (κ3) is 6.11. The first-order valence-corrected chi connectivity index (χ1v) is 10.5. The fraction of sp³-hybridized carbons (Fsp3) is 0.429. The highest BCUT2D eigenvalue weighted by molar-refractivity contribution is 8.26. The van der Waals surface area contributed by atoms with Gasteiger partial charge in [0.15, 0.2) is 11.5 Å². The summed E-state index contributed by atoms with van der Waals surface area (Å²) < 4.78 is 11.9. The molecule has 1 heterocycles. The van der Waals surface area contributed by atoms with Crippen LogP contribution in [0.4, 0.5) is 0 Å². The molecule has 27 heavy (non-hydrogen) atoms. The van der Waals surface area contributed by atoms with Crippen molar-refractivity contribution in [1.29, 1.82) is 0 Å². The van der Waals surface area contributed by atoms with Gasteiger partial charge in [-0.1, -0.05) is 68.7 Å². The Morgan fingerprint density at radius 1 is 1.22 bits per heavy atom. The zero-order valence-corrected chi connectivity index (χ0v) is 17.7. The smallest absolute Gasteiger partial charge is 0.266 e. The highest BCUT2D eigenvalue weighted by Crippen LogP contribution is 2.34. The van der Waals surface area contributed by atoms with Crippen LogP contribution in [-0.4, -0.2) is 35.4 Å². The van der Waals surface area contributed by atoms with E-state index >= 15 is 0 Å². The molecular formula is C21H27NO3S2. The van der Waals surface area contributed by atoms with Crippen LogP contribution in [0.2, 0.25) is 0 Å². The topological polar surface area (TPSA) is 38.8 Å². The number of hydrogen-bond donors (Lipinski definition) is 0. The number of benzene rings is 1. The van der Waals surface area contributed by atoms with Gasteiger partial charge in [0.1, 0.15) is 4.32 Å². The van der Waals surface area contributed by atoms with Crippen LogP contribution in [0, 0.1) is 0 Å². The van der Waals surface area contributed by atoms with Crippen LogP contribution in [0.1, 0.15) is 44.6 Å². The molecule has 1 fully saturated rings. The third-order valence-corrected chi connectivity index (χ3v) is 5.55. The molecule has 0 radical (unpaired) electrons. The van der Waals surface area contributed by atoms with Crippen molar-refractivity contribution in [3.8, 4) is 11.5 Å². The van der Waals surface area contributed by atoms with E-state index in [4.69, 9.17) is 21.7 Å². The molecular weight excluding hydrogens is 378 g/mol. The second-order valence-electron chi connectivity index (χ2n) is 6.25. The quantitative estimate of drug-likeness (QED) is 0.212. The summed E-state index contributed by atoms with van der Waals surface area (Å²) >= 11 is 6.57. The van der Waals surface area contributed by atoms with Gasteiger partial charge in [-0.15, -0.1) is 6.58 Å². The van der Waals surface area contributed by atoms with Gasteiger partial charge in [-0.05, 0) is 30.2 Å². The number of rotatable bonds is 11. The van der Waals surface area contributed by atoms with Crippen molar-refractivity contribution in [2.75, 3.05) is 20.3 Å². The van der Waals surface area contributed by atoms with Gasteiger partial charge in [0.05, 0.1) is 18.6 Å². The standard InChI is InChI=1S/C21H27NO3S2/c1-4-6-7-8-9-13-25-17-11-10-16(14-18(17)24-3)15-19-20(23)22(12-5-2)21(26)27-19/h5,10-11,14-15H,2,4,6-9,12-13H2,1,3H3. The van der Waals surface area contributed by atoms with Gasteiger partial charge in [0.2, 0.25) is 0 Å². The van der Waals surface area contributed by atoms with Crippen molar-refractivity contribution in [1.82, 2.24) is 4.90 Å². The van der Waals surface area contributed by atoms with E-state index in [-0.39, 0.29) is 5.91 Å². The van der Waals surface area contributed by atoms with Crippen LogP contribution in [0.3, 0.4) is 0 Å². The maximum absolute atomic E-state index is 12.4. The molecule has 0 bridgehead atoms. The minimum atomic E-state index is -0.0868. The number of thiocarbonyl (C=S) groups is 1. The van der Waals surface area contributed by atoms with Crippen molar-refractivity contribution in [2.45, 2.75) is 39.0 Å². The monoisotopic (exact) mass is 405 g/mol. The lowest BCUT2D eigenvalue weighted by Gasteiger charge is -2.12. The molecule has 1 aromatic rings. The molecule has 146 valence electrons. The number of carbonyl (C=O) groups is 1. The third-order valence-electron chi connectivity index (χ3n) is 4.18. The Bertz CT molecular complexity index is 715. The van der Waals surface area contributed by atoms with Crippen molar-refractivity contribution in [3.05, 3.63) is 41.3 Å². The average Bonchev–Trinajstić information content (AvgIpc) is 2.93. The molecule has 0 spiro atoms. The van der Waals surface area contributed by atoms with Crippen LogP contribution >= 0.6 is 24.0 Å². The zero-order valence-electron chi connectivity index (χ0n) is 16.0. The lowest BCUT2D eigenvalue weighted by atomic mass is 10.1. The van der Waals surface area contributed by atoms with E-state index in [1.165, 1.54) is 37.4 Å². The van der Waals surface area contributed by atoms with E-state index in [9.17, 15) is 4.79 Å². The van der Waals surface area contributed by atoms with Gasteiger partial charge >= 0.3 is 0 Å². The molecule has 0 aromatic heterocycles. The minimum absolute atomic E-state index is 0.0868. The summed E-state index contributed by atoms with van der Waals surface area (Å²) in [6.07, 6.45) is 9.49. The molecule has 0 saturated carbocycles. The summed E-state index contributed by atoms with van der Waals surface area (Å²) in [6.45, 7) is 6.98. The largest absolute Gasteiger partial charge is 0.493 e. The number of carbonyl (C=O) groups excluding carboxylic acids is 1. The van der Waals surface area contributed by atoms with Gasteiger partial charge < -0.3 is 9.47 Å². The number of hydrogen-bond acceptors (Lipinski definition) is 5. The Morgan fingerprint density at radius 2 is 2.00 bits per heavy atom. The van der Waals surface area contributed by atoms with E-state index in [1.807, 2.05) is 24.3 Å². The highest BCUT2D eigenvalue weighted by Gasteiger charge is 2.30. The molecule has 1 aliphatic rings. The summed E-state index contributed by atoms with van der Waals surface area (Å²) in [5.74, 6) is 1.31. The van der Waals surface area contributed by atoms with Crippen LogP contribution in [0.25, 0.3) is 6.08 Å². The predicted octanol–water partition coefficient (Wildman–Crippen LogP) is 5.43. The van der Waals surface area contributed by atoms with E-state index < -0.39 is 0 Å². The van der Waals surface area contributed by atoms with Crippen molar-refractivity contribution < 1.29 is 14.3 Å². The highest BCUT2D eigenvalue weighted by atomic mass is 32.2. The maximum Gasteiger partial charge on any atom is 0.266 e. The number of unbranched alkanes of at least 4 members (excludes halogenated alkanes) is 4. The fourth-order valence-corrected chi connectivity index (χ4v) is 3.99. The molecule has 1 aliphatic heterocycles. The van der Waals surface area contributed by atoms with E-state index in [0.29, 0.717) is 28.1 Å². The molecule has 1 aromatic carbocycles. The second kappa shape index (κ2) is 11.1. The number of thioether (sulfide) groups is 1. The molecule has 4 nitrogen and oxygen atoms in total. The van der Waals surface area contributed by atoms with Crippen molar-refractivity contribution >= 4 is 40.3 Å². The minimum Gasteiger partial charge on any atom is -0.493 e. The van der Waals surface area contributed by atoms with Crippen LogP contribution in [0.5, 0.6) is 11.5 Å². The maximum atomic E-state index is 12.4. The summed E-state index contributed by atoms with van der Waals surface area (Å²) in [5.41, 5.74) is 0.876. The molecule has 0 aliphatic carbocycles. The lowest BCUT2D eigenvalue weighted by Crippen LogP contribution is -2.27. The zero-order chi connectivity index (χ0) is 19.6. The first-order chi connectivity index (χ1) is 13.1. The Labute approximate surface area is 171 Å². The van der Waals surface area contributed by atoms with E-state index in [0.717, 1.165) is 17.7 Å². The molecule has 0 atom stereocenters. The SMILES string of the molecule is C=CCN1C(=O)C(=Cc2ccc(OCCCCCCC)c(OC)c2)SC1=S. The van der Waals surface area contributed by atoms with Crippen LogP contribution in [0.15, 0.2) is 35.8 Å². The second-order valence-corrected chi connectivity index (χ2v) is 7.93. The summed E-state index contributed by atoms with van der Waals surface area (Å²) in [6, 6.07) is 5.70. The number of nitrogens with zero attached hydrogens (tertiary/aromatic N) is 1. The van der Waals surface area contributed by atoms with E-state index in [1.54, 1.807) is 18.1 Å².